The molecule has 1 unspecified atom stereocenters. The van der Waals surface area contributed by atoms with Gasteiger partial charge >= 0.3 is 0 Å². The van der Waals surface area contributed by atoms with Gasteiger partial charge in [-0.25, -0.2) is 0 Å². The minimum Gasteiger partial charge on any atom is -0.113 e. The number of hydrogen-bond donors (Lipinski definition) is 0. The molecule has 0 aromatic heterocycles. The largest absolute Gasteiger partial charge is 0.113 e. The second-order valence-corrected chi connectivity index (χ2v) is 6.81. The fourth-order valence-electron chi connectivity index (χ4n) is 2.35. The van der Waals surface area contributed by atoms with Gasteiger partial charge in [0.05, 0.1) is 5.38 Å². The quantitative estimate of drug-likeness (QED) is 0.413. The summed E-state index contributed by atoms with van der Waals surface area (Å²) in [6.07, 6.45) is 0. The zero-order valence-corrected chi connectivity index (χ0v) is 14.4. The van der Waals surface area contributed by atoms with E-state index in [2.05, 4.69) is 68.3 Å². The maximum absolute atomic E-state index is 6.70. The molecule has 0 saturated heterocycles. The van der Waals surface area contributed by atoms with E-state index in [1.54, 1.807) is 0 Å². The summed E-state index contributed by atoms with van der Waals surface area (Å²) in [6, 6.07) is 20.6. The van der Waals surface area contributed by atoms with Crippen molar-refractivity contribution >= 4 is 54.2 Å². The Hall–Kier alpha value is -0.830. The molecule has 1 atom stereocenters. The molecular weight excluding hydrogens is 399 g/mol. The molecule has 0 aliphatic carbocycles. The van der Waals surface area contributed by atoms with Crippen LogP contribution in [0, 0.1) is 0 Å². The van der Waals surface area contributed by atoms with Crippen LogP contribution in [0.5, 0.6) is 0 Å². The van der Waals surface area contributed by atoms with E-state index in [0.717, 1.165) is 20.1 Å². The first-order valence-electron chi connectivity index (χ1n) is 6.23. The molecule has 0 aliphatic rings. The average molecular weight is 411 g/mol. The van der Waals surface area contributed by atoms with Crippen molar-refractivity contribution in [3.63, 3.8) is 0 Å². The number of alkyl halides is 1. The van der Waals surface area contributed by atoms with Crippen LogP contribution in [0.25, 0.3) is 10.8 Å². The smallest absolute Gasteiger partial charge is 0.0841 e. The molecule has 0 aliphatic heterocycles. The molecule has 0 spiro atoms. The van der Waals surface area contributed by atoms with E-state index in [1.807, 2.05) is 24.3 Å². The molecule has 100 valence electrons. The van der Waals surface area contributed by atoms with Crippen LogP contribution in [0.2, 0.25) is 0 Å². The summed E-state index contributed by atoms with van der Waals surface area (Å²) < 4.78 is 2.14. The summed E-state index contributed by atoms with van der Waals surface area (Å²) in [6.45, 7) is 0. The fraction of sp³-hybridized carbons (Fsp3) is 0.0588. The summed E-state index contributed by atoms with van der Waals surface area (Å²) >= 11 is 13.8. The highest BCUT2D eigenvalue weighted by Gasteiger charge is 2.15. The standard InChI is InChI=1S/C17H11Br2Cl/c18-12-5-3-4-11(10-12)17(20)15-8-9-16(19)14-7-2-1-6-13(14)15/h1-10,17H. The summed E-state index contributed by atoms with van der Waals surface area (Å²) in [5.41, 5.74) is 2.22. The van der Waals surface area contributed by atoms with Gasteiger partial charge in [-0.05, 0) is 40.1 Å². The molecule has 0 radical (unpaired) electrons. The van der Waals surface area contributed by atoms with E-state index in [9.17, 15) is 0 Å². The molecule has 3 aromatic rings. The van der Waals surface area contributed by atoms with E-state index in [1.165, 1.54) is 10.8 Å². The van der Waals surface area contributed by atoms with Gasteiger partial charge in [-0.3, -0.25) is 0 Å². The van der Waals surface area contributed by atoms with Gasteiger partial charge in [-0.1, -0.05) is 74.3 Å². The first-order valence-corrected chi connectivity index (χ1v) is 8.26. The molecule has 0 N–H and O–H groups in total. The second-order valence-electron chi connectivity index (χ2n) is 4.60. The Bertz CT molecular complexity index is 768. The number of hydrogen-bond acceptors (Lipinski definition) is 0. The van der Waals surface area contributed by atoms with Gasteiger partial charge in [0.2, 0.25) is 0 Å². The molecule has 0 heterocycles. The number of rotatable bonds is 2. The van der Waals surface area contributed by atoms with Crippen LogP contribution in [-0.4, -0.2) is 0 Å². The van der Waals surface area contributed by atoms with Crippen molar-refractivity contribution in [3.8, 4) is 0 Å². The first kappa shape index (κ1) is 14.1. The Morgan fingerprint density at radius 1 is 0.800 bits per heavy atom. The van der Waals surface area contributed by atoms with Crippen molar-refractivity contribution in [3.05, 3.63) is 80.7 Å². The van der Waals surface area contributed by atoms with Crippen LogP contribution in [0.4, 0.5) is 0 Å². The van der Waals surface area contributed by atoms with E-state index in [0.29, 0.717) is 0 Å². The Kier molecular flexibility index (Phi) is 4.16. The monoisotopic (exact) mass is 408 g/mol. The Morgan fingerprint density at radius 2 is 1.55 bits per heavy atom. The highest BCUT2D eigenvalue weighted by Crippen LogP contribution is 2.37. The number of halogens is 3. The molecule has 0 fully saturated rings. The topological polar surface area (TPSA) is 0 Å². The zero-order chi connectivity index (χ0) is 14.1. The Balaban J connectivity index is 2.17. The molecule has 3 aromatic carbocycles. The lowest BCUT2D eigenvalue weighted by Crippen LogP contribution is -1.95. The predicted octanol–water partition coefficient (Wildman–Crippen LogP) is 6.69. The third-order valence-electron chi connectivity index (χ3n) is 3.32. The van der Waals surface area contributed by atoms with Crippen molar-refractivity contribution in [2.24, 2.45) is 0 Å². The first-order chi connectivity index (χ1) is 9.66. The van der Waals surface area contributed by atoms with Crippen LogP contribution in [0.15, 0.2) is 69.6 Å². The van der Waals surface area contributed by atoms with E-state index < -0.39 is 0 Å². The van der Waals surface area contributed by atoms with Crippen molar-refractivity contribution in [1.29, 1.82) is 0 Å². The molecule has 20 heavy (non-hydrogen) atoms. The van der Waals surface area contributed by atoms with Gasteiger partial charge in [-0.15, -0.1) is 11.6 Å². The lowest BCUT2D eigenvalue weighted by atomic mass is 9.98. The summed E-state index contributed by atoms with van der Waals surface area (Å²) in [5.74, 6) is 0. The highest BCUT2D eigenvalue weighted by atomic mass is 79.9. The third kappa shape index (κ3) is 2.65. The third-order valence-corrected chi connectivity index (χ3v) is 4.99. The highest BCUT2D eigenvalue weighted by molar-refractivity contribution is 9.11. The van der Waals surface area contributed by atoms with Gasteiger partial charge in [0.1, 0.15) is 0 Å². The van der Waals surface area contributed by atoms with Crippen LogP contribution < -0.4 is 0 Å². The van der Waals surface area contributed by atoms with Crippen LogP contribution >= 0.6 is 43.5 Å². The fourth-order valence-corrected chi connectivity index (χ4v) is 3.57. The van der Waals surface area contributed by atoms with Crippen molar-refractivity contribution in [2.45, 2.75) is 5.38 Å². The SMILES string of the molecule is ClC(c1cccc(Br)c1)c1ccc(Br)c2ccccc12. The van der Waals surface area contributed by atoms with Crippen molar-refractivity contribution in [1.82, 2.24) is 0 Å². The van der Waals surface area contributed by atoms with E-state index in [-0.39, 0.29) is 5.38 Å². The molecule has 0 amide bonds. The van der Waals surface area contributed by atoms with Gasteiger partial charge in [-0.2, -0.15) is 0 Å². The van der Waals surface area contributed by atoms with Gasteiger partial charge < -0.3 is 0 Å². The Morgan fingerprint density at radius 3 is 2.30 bits per heavy atom. The van der Waals surface area contributed by atoms with E-state index >= 15 is 0 Å². The summed E-state index contributed by atoms with van der Waals surface area (Å²) in [7, 11) is 0. The van der Waals surface area contributed by atoms with Crippen molar-refractivity contribution < 1.29 is 0 Å². The molecule has 0 saturated carbocycles. The Labute approximate surface area is 140 Å². The summed E-state index contributed by atoms with van der Waals surface area (Å²) in [4.78, 5) is 0. The molecule has 3 heteroatoms. The molecule has 0 bridgehead atoms. The van der Waals surface area contributed by atoms with E-state index in [4.69, 9.17) is 11.6 Å². The van der Waals surface area contributed by atoms with Gasteiger partial charge in [0.25, 0.3) is 0 Å². The van der Waals surface area contributed by atoms with Crippen molar-refractivity contribution in [2.75, 3.05) is 0 Å². The zero-order valence-electron chi connectivity index (χ0n) is 10.5. The number of benzene rings is 3. The van der Waals surface area contributed by atoms with Gasteiger partial charge in [0, 0.05) is 8.95 Å². The van der Waals surface area contributed by atoms with Crippen LogP contribution in [0.1, 0.15) is 16.5 Å². The minimum atomic E-state index is -0.162. The van der Waals surface area contributed by atoms with Crippen LogP contribution in [0.3, 0.4) is 0 Å². The maximum Gasteiger partial charge on any atom is 0.0841 e. The van der Waals surface area contributed by atoms with Crippen LogP contribution in [-0.2, 0) is 0 Å². The normalized spacial score (nSPS) is 12.6. The minimum absolute atomic E-state index is 0.162. The maximum atomic E-state index is 6.70. The average Bonchev–Trinajstić information content (AvgIpc) is 2.47. The number of fused-ring (bicyclic) bond motifs is 1. The second kappa shape index (κ2) is 5.88. The predicted molar refractivity (Wildman–Crippen MR) is 93.5 cm³/mol. The lowest BCUT2D eigenvalue weighted by Gasteiger charge is -2.14. The lowest BCUT2D eigenvalue weighted by molar-refractivity contribution is 1.15. The summed E-state index contributed by atoms with van der Waals surface area (Å²) in [5, 5.41) is 2.21. The molecule has 0 nitrogen and oxygen atoms in total. The molecular formula is C17H11Br2Cl. The van der Waals surface area contributed by atoms with Gasteiger partial charge in [0.15, 0.2) is 0 Å². The molecule has 3 rings (SSSR count).